The molecule has 2 unspecified atom stereocenters. The molecule has 0 aliphatic carbocycles. The lowest BCUT2D eigenvalue weighted by Gasteiger charge is -2.40. The van der Waals surface area contributed by atoms with Gasteiger partial charge in [0.25, 0.3) is 0 Å². The molecule has 3 aliphatic rings. The van der Waals surface area contributed by atoms with Crippen molar-refractivity contribution < 1.29 is 8.78 Å². The molecule has 10 heteroatoms. The van der Waals surface area contributed by atoms with Gasteiger partial charge in [0.1, 0.15) is 22.9 Å². The van der Waals surface area contributed by atoms with Gasteiger partial charge in [-0.25, -0.2) is 28.7 Å². The van der Waals surface area contributed by atoms with Crippen molar-refractivity contribution in [1.29, 1.82) is 0 Å². The molecule has 7 rings (SSSR count). The van der Waals surface area contributed by atoms with Gasteiger partial charge >= 0.3 is 0 Å². The van der Waals surface area contributed by atoms with Crippen LogP contribution in [0.4, 0.5) is 20.5 Å². The molecule has 6 heterocycles. The lowest BCUT2D eigenvalue weighted by atomic mass is 10.0. The number of pyridine rings is 1. The fraction of sp³-hybridized carbons (Fsp3) is 0.467. The number of rotatable bonds is 6. The zero-order valence-electron chi connectivity index (χ0n) is 23.2. The summed E-state index contributed by atoms with van der Waals surface area (Å²) in [5.74, 6) is 0.508. The molecule has 1 N–H and O–H groups in total. The van der Waals surface area contributed by atoms with Crippen molar-refractivity contribution in [2.75, 3.05) is 25.0 Å². The van der Waals surface area contributed by atoms with Crippen molar-refractivity contribution in [3.8, 4) is 11.3 Å². The number of hydrogen-bond acceptors (Lipinski definition) is 7. The molecule has 40 heavy (non-hydrogen) atoms. The number of likely N-dealkylation sites (tertiary alicyclic amines) is 1. The average Bonchev–Trinajstić information content (AvgIpc) is 3.55. The van der Waals surface area contributed by atoms with Crippen LogP contribution in [-0.4, -0.2) is 66.0 Å². The third kappa shape index (κ3) is 4.34. The topological polar surface area (TPSA) is 75.0 Å². The molecule has 3 aromatic heterocycles. The number of nitrogens with zero attached hydrogens (tertiary/aromatic N) is 7. The molecule has 2 saturated heterocycles. The summed E-state index contributed by atoms with van der Waals surface area (Å²) in [7, 11) is 0. The fourth-order valence-electron chi connectivity index (χ4n) is 7.01. The first-order chi connectivity index (χ1) is 19.3. The summed E-state index contributed by atoms with van der Waals surface area (Å²) < 4.78 is 32.1. The van der Waals surface area contributed by atoms with Gasteiger partial charge in [-0.1, -0.05) is 13.0 Å². The molecular weight excluding hydrogens is 510 g/mol. The number of anilines is 2. The molecule has 0 saturated carbocycles. The molecule has 1 aromatic carbocycles. The van der Waals surface area contributed by atoms with E-state index in [1.165, 1.54) is 18.9 Å². The van der Waals surface area contributed by atoms with Crippen molar-refractivity contribution in [2.24, 2.45) is 0 Å². The molecule has 2 atom stereocenters. The van der Waals surface area contributed by atoms with Gasteiger partial charge in [0.15, 0.2) is 11.6 Å². The second-order valence-electron chi connectivity index (χ2n) is 12.0. The van der Waals surface area contributed by atoms with E-state index < -0.39 is 11.6 Å². The third-order valence-electron chi connectivity index (χ3n) is 8.91. The van der Waals surface area contributed by atoms with E-state index in [4.69, 9.17) is 0 Å². The van der Waals surface area contributed by atoms with Gasteiger partial charge in [-0.05, 0) is 63.4 Å². The molecule has 3 aliphatic heterocycles. The number of likely N-dealkylation sites (N-methyl/N-ethyl adjacent to an activating group) is 1. The molecule has 0 radical (unpaired) electrons. The highest BCUT2D eigenvalue weighted by molar-refractivity contribution is 5.83. The number of aromatic nitrogens is 5. The molecule has 2 bridgehead atoms. The first kappa shape index (κ1) is 25.5. The number of hydrogen-bond donors (Lipinski definition) is 1. The molecule has 4 aromatic rings. The Morgan fingerprint density at radius 3 is 2.52 bits per heavy atom. The fourth-order valence-corrected chi connectivity index (χ4v) is 7.01. The van der Waals surface area contributed by atoms with Crippen LogP contribution < -0.4 is 5.32 Å². The van der Waals surface area contributed by atoms with E-state index in [1.807, 2.05) is 12.3 Å². The zero-order chi connectivity index (χ0) is 27.6. The number of fused-ring (bicyclic) bond motifs is 5. The largest absolute Gasteiger partial charge is 0.322 e. The molecular formula is C30H34F2N8. The monoisotopic (exact) mass is 544 g/mol. The Kier molecular flexibility index (Phi) is 6.08. The first-order valence-electron chi connectivity index (χ1n) is 14.2. The summed E-state index contributed by atoms with van der Waals surface area (Å²) in [6.07, 6.45) is 7.27. The Labute approximate surface area is 232 Å². The van der Waals surface area contributed by atoms with Crippen LogP contribution in [0.5, 0.6) is 0 Å². The summed E-state index contributed by atoms with van der Waals surface area (Å²) in [5.41, 5.74) is 2.30. The van der Waals surface area contributed by atoms with Gasteiger partial charge in [0, 0.05) is 55.4 Å². The lowest BCUT2D eigenvalue weighted by molar-refractivity contribution is 0.0669. The minimum Gasteiger partial charge on any atom is -0.322 e. The Morgan fingerprint density at radius 1 is 1.00 bits per heavy atom. The molecule has 208 valence electrons. The van der Waals surface area contributed by atoms with Crippen LogP contribution in [0.3, 0.4) is 0 Å². The highest BCUT2D eigenvalue weighted by Crippen LogP contribution is 2.38. The normalized spacial score (nSPS) is 22.2. The number of piperazine rings is 1. The van der Waals surface area contributed by atoms with Crippen molar-refractivity contribution in [3.63, 3.8) is 0 Å². The summed E-state index contributed by atoms with van der Waals surface area (Å²) >= 11 is 0. The van der Waals surface area contributed by atoms with E-state index in [0.29, 0.717) is 34.5 Å². The Balaban J connectivity index is 1.10. The van der Waals surface area contributed by atoms with Crippen LogP contribution in [0.2, 0.25) is 0 Å². The third-order valence-corrected chi connectivity index (χ3v) is 8.91. The predicted octanol–water partition coefficient (Wildman–Crippen LogP) is 5.26. The van der Waals surface area contributed by atoms with Crippen LogP contribution in [0.25, 0.3) is 22.3 Å². The second-order valence-corrected chi connectivity index (χ2v) is 12.0. The van der Waals surface area contributed by atoms with Gasteiger partial charge in [0.2, 0.25) is 5.95 Å². The minimum atomic E-state index is -0.620. The van der Waals surface area contributed by atoms with E-state index in [1.54, 1.807) is 6.07 Å². The molecule has 0 amide bonds. The highest BCUT2D eigenvalue weighted by atomic mass is 19.1. The average molecular weight is 545 g/mol. The number of imidazole rings is 1. The highest BCUT2D eigenvalue weighted by Gasteiger charge is 2.38. The summed E-state index contributed by atoms with van der Waals surface area (Å²) in [4.78, 5) is 22.8. The van der Waals surface area contributed by atoms with Gasteiger partial charge in [0.05, 0.1) is 11.7 Å². The smallest absolute Gasteiger partial charge is 0.229 e. The molecule has 0 spiro atoms. The zero-order valence-corrected chi connectivity index (χ0v) is 23.2. The maximum atomic E-state index is 15.1. The molecule has 2 fully saturated rings. The number of nitrogens with one attached hydrogen (secondary N) is 1. The van der Waals surface area contributed by atoms with Crippen molar-refractivity contribution in [3.05, 3.63) is 59.7 Å². The maximum absolute atomic E-state index is 15.1. The van der Waals surface area contributed by atoms with Gasteiger partial charge in [-0.3, -0.25) is 9.80 Å². The molecule has 8 nitrogen and oxygen atoms in total. The Bertz CT molecular complexity index is 1570. The van der Waals surface area contributed by atoms with Crippen LogP contribution in [-0.2, 0) is 18.5 Å². The van der Waals surface area contributed by atoms with Gasteiger partial charge in [-0.15, -0.1) is 0 Å². The van der Waals surface area contributed by atoms with Crippen molar-refractivity contribution in [1.82, 2.24) is 34.3 Å². The van der Waals surface area contributed by atoms with E-state index >= 15 is 4.39 Å². The van der Waals surface area contributed by atoms with E-state index in [-0.39, 0.29) is 17.2 Å². The number of aryl methyl sites for hydroxylation is 1. The first-order valence-corrected chi connectivity index (χ1v) is 14.2. The minimum absolute atomic E-state index is 0.0297. The van der Waals surface area contributed by atoms with E-state index in [0.717, 1.165) is 56.6 Å². The quantitative estimate of drug-likeness (QED) is 0.355. The number of halogens is 2. The predicted molar refractivity (Wildman–Crippen MR) is 150 cm³/mol. The Hall–Kier alpha value is -3.50. The lowest BCUT2D eigenvalue weighted by Crippen LogP contribution is -2.53. The second kappa shape index (κ2) is 9.55. The van der Waals surface area contributed by atoms with Gasteiger partial charge in [-0.2, -0.15) is 0 Å². The summed E-state index contributed by atoms with van der Waals surface area (Å²) in [5, 5.41) is 3.08. The van der Waals surface area contributed by atoms with Crippen LogP contribution in [0.1, 0.15) is 51.4 Å². The maximum Gasteiger partial charge on any atom is 0.229 e. The van der Waals surface area contributed by atoms with Gasteiger partial charge < -0.3 is 9.88 Å². The standard InChI is InChI=1S/C30H34F2N8/c1-4-39-20-6-7-21(39)17-38(16-20)15-18-5-8-25(33-13-18)35-29-34-14-23(32)27(37-29)19-11-22(31)28-24(12-19)40-26(36-28)9-10-30(40,2)3/h5,8,11-14,20-21H,4,6-7,9-10,15-17H2,1-3H3,(H,33,34,35,37). The Morgan fingerprint density at radius 2 is 1.80 bits per heavy atom. The van der Waals surface area contributed by atoms with E-state index in [2.05, 4.69) is 66.5 Å². The van der Waals surface area contributed by atoms with Crippen molar-refractivity contribution in [2.45, 2.75) is 70.6 Å². The summed E-state index contributed by atoms with van der Waals surface area (Å²) in [6, 6.07) is 8.35. The van der Waals surface area contributed by atoms with E-state index in [9.17, 15) is 4.39 Å². The van der Waals surface area contributed by atoms with Crippen LogP contribution >= 0.6 is 0 Å². The summed E-state index contributed by atoms with van der Waals surface area (Å²) in [6.45, 7) is 10.7. The van der Waals surface area contributed by atoms with Crippen LogP contribution in [0, 0.1) is 11.6 Å². The number of benzene rings is 1. The van der Waals surface area contributed by atoms with Crippen LogP contribution in [0.15, 0.2) is 36.7 Å². The van der Waals surface area contributed by atoms with Crippen molar-refractivity contribution >= 4 is 22.8 Å². The SMILES string of the molecule is CCN1C2CCC1CN(Cc1ccc(Nc3ncc(F)c(-c4cc(F)c5nc6n(c5c4)C(C)(C)CC6)n3)nc1)C2.